The molecule has 1 amide bonds. The highest BCUT2D eigenvalue weighted by Gasteiger charge is 2.61. The summed E-state index contributed by atoms with van der Waals surface area (Å²) in [6, 6.07) is 13.5. The highest BCUT2D eigenvalue weighted by Crippen LogP contribution is 2.47. The first-order chi connectivity index (χ1) is 24.7. The zero-order valence-electron chi connectivity index (χ0n) is 29.5. The standard InChI is InChI=1S/C38H47F6N3O5/c1-3-52-23-27-21-33(51-2)31(19-26(27)22-46-15-5-4-6-16-46)30-12-8-10-28-25(9-7-11-29(28)30)20-32(34(48)49)45-35(50)36(38(42,43)44)13-17-47(18-14-36)24-37(39,40)41/h7-12,19,21,32,34,48-49H,3-6,13-18,20,22-24H2,1-2H3,(H,45,50)/t32-/m0/s1. The number of aliphatic hydroxyl groups excluding tert-OH is 1. The Hall–Kier alpha value is -3.43. The van der Waals surface area contributed by atoms with E-state index in [9.17, 15) is 41.4 Å². The van der Waals surface area contributed by atoms with Gasteiger partial charge >= 0.3 is 12.4 Å². The van der Waals surface area contributed by atoms with Crippen molar-refractivity contribution in [3.63, 3.8) is 0 Å². The number of fused-ring (bicyclic) bond motifs is 1. The van der Waals surface area contributed by atoms with Crippen LogP contribution < -0.4 is 10.1 Å². The molecule has 1 atom stereocenters. The Morgan fingerprint density at radius 2 is 1.54 bits per heavy atom. The number of piperidine rings is 2. The predicted octanol–water partition coefficient (Wildman–Crippen LogP) is 6.58. The van der Waals surface area contributed by atoms with Gasteiger partial charge in [0, 0.05) is 18.7 Å². The summed E-state index contributed by atoms with van der Waals surface area (Å²) in [6.07, 6.45) is -10.4. The quantitative estimate of drug-likeness (QED) is 0.135. The molecule has 0 aliphatic carbocycles. The summed E-state index contributed by atoms with van der Waals surface area (Å²) in [5.74, 6) is -0.867. The molecule has 3 aromatic rings. The number of nitrogens with zero attached hydrogens (tertiary/aromatic N) is 2. The van der Waals surface area contributed by atoms with Gasteiger partial charge in [-0.3, -0.25) is 14.6 Å². The van der Waals surface area contributed by atoms with Crippen LogP contribution in [0.4, 0.5) is 26.3 Å². The number of hydrogen-bond donors (Lipinski definition) is 3. The van der Waals surface area contributed by atoms with Crippen LogP contribution in [-0.4, -0.2) is 97.0 Å². The maximum absolute atomic E-state index is 14.5. The van der Waals surface area contributed by atoms with Gasteiger partial charge in [-0.2, -0.15) is 26.3 Å². The molecule has 2 fully saturated rings. The van der Waals surface area contributed by atoms with Crippen molar-refractivity contribution in [2.75, 3.05) is 46.4 Å². The lowest BCUT2D eigenvalue weighted by molar-refractivity contribution is -0.237. The van der Waals surface area contributed by atoms with Gasteiger partial charge in [0.25, 0.3) is 0 Å². The minimum Gasteiger partial charge on any atom is -0.496 e. The second-order valence-electron chi connectivity index (χ2n) is 13.8. The molecule has 2 saturated heterocycles. The molecular formula is C38H47F6N3O5. The largest absolute Gasteiger partial charge is 0.496 e. The Morgan fingerprint density at radius 1 is 0.865 bits per heavy atom. The molecule has 2 aliphatic heterocycles. The molecule has 0 radical (unpaired) electrons. The van der Waals surface area contributed by atoms with Gasteiger partial charge in [-0.05, 0) is 110 Å². The van der Waals surface area contributed by atoms with Crippen LogP contribution >= 0.6 is 0 Å². The Kier molecular flexibility index (Phi) is 12.8. The predicted molar refractivity (Wildman–Crippen MR) is 184 cm³/mol. The molecule has 2 aliphatic rings. The average Bonchev–Trinajstić information content (AvgIpc) is 3.10. The van der Waals surface area contributed by atoms with E-state index in [-0.39, 0.29) is 6.42 Å². The molecule has 14 heteroatoms. The third-order valence-corrected chi connectivity index (χ3v) is 10.3. The topological polar surface area (TPSA) is 94.5 Å². The van der Waals surface area contributed by atoms with Crippen molar-refractivity contribution in [2.24, 2.45) is 5.41 Å². The van der Waals surface area contributed by atoms with Crippen molar-refractivity contribution in [2.45, 2.75) is 83.3 Å². The van der Waals surface area contributed by atoms with Crippen molar-refractivity contribution in [3.05, 3.63) is 65.2 Å². The van der Waals surface area contributed by atoms with Gasteiger partial charge in [-0.25, -0.2) is 0 Å². The van der Waals surface area contributed by atoms with Crippen LogP contribution in [0.15, 0.2) is 48.5 Å². The van der Waals surface area contributed by atoms with Crippen molar-refractivity contribution < 1.29 is 50.8 Å². The van der Waals surface area contributed by atoms with Gasteiger partial charge in [0.1, 0.15) is 11.2 Å². The van der Waals surface area contributed by atoms with Gasteiger partial charge in [-0.15, -0.1) is 0 Å². The average molecular weight is 740 g/mol. The van der Waals surface area contributed by atoms with Crippen molar-refractivity contribution in [3.8, 4) is 16.9 Å². The number of ether oxygens (including phenoxy) is 2. The summed E-state index contributed by atoms with van der Waals surface area (Å²) in [5.41, 5.74) is 1.34. The molecule has 3 N–H and O–H groups in total. The molecule has 286 valence electrons. The zero-order chi connectivity index (χ0) is 37.7. The second kappa shape index (κ2) is 16.7. The molecule has 5 rings (SSSR count). The Bertz CT molecular complexity index is 1670. The molecule has 0 saturated carbocycles. The van der Waals surface area contributed by atoms with Crippen molar-refractivity contribution >= 4 is 16.7 Å². The van der Waals surface area contributed by atoms with Gasteiger partial charge in [0.05, 0.1) is 26.3 Å². The first kappa shape index (κ1) is 39.8. The lowest BCUT2D eigenvalue weighted by atomic mass is 9.76. The molecule has 0 spiro atoms. The Balaban J connectivity index is 1.45. The van der Waals surface area contributed by atoms with Gasteiger partial charge < -0.3 is 25.0 Å². The molecule has 0 bridgehead atoms. The first-order valence-electron chi connectivity index (χ1n) is 17.7. The third-order valence-electron chi connectivity index (χ3n) is 10.3. The number of likely N-dealkylation sites (tertiary alicyclic amines) is 2. The lowest BCUT2D eigenvalue weighted by Gasteiger charge is -2.42. The molecule has 2 heterocycles. The SMILES string of the molecule is CCOCc1cc(OC)c(-c2cccc3c(C[C@H](NC(=O)C4(C(F)(F)F)CCN(CC(F)(F)F)CC4)C(O)O)cccc23)cc1CN1CCCCC1. The van der Waals surface area contributed by atoms with Crippen LogP contribution in [0.5, 0.6) is 5.75 Å². The highest BCUT2D eigenvalue weighted by molar-refractivity contribution is 6.00. The normalized spacial score (nSPS) is 18.1. The van der Waals surface area contributed by atoms with E-state index in [1.807, 2.05) is 37.3 Å². The smallest absolute Gasteiger partial charge is 0.403 e. The van der Waals surface area contributed by atoms with E-state index in [0.29, 0.717) is 29.9 Å². The number of methoxy groups -OCH3 is 1. The zero-order valence-corrected chi connectivity index (χ0v) is 29.5. The monoisotopic (exact) mass is 739 g/mol. The van der Waals surface area contributed by atoms with Crippen LogP contribution in [-0.2, 0) is 29.1 Å². The number of halogens is 6. The maximum atomic E-state index is 14.5. The van der Waals surface area contributed by atoms with Gasteiger partial charge in [0.2, 0.25) is 5.91 Å². The number of hydrogen-bond acceptors (Lipinski definition) is 7. The van der Waals surface area contributed by atoms with Crippen LogP contribution in [0, 0.1) is 5.41 Å². The highest BCUT2D eigenvalue weighted by atomic mass is 19.4. The lowest BCUT2D eigenvalue weighted by Crippen LogP contribution is -2.60. The number of carbonyl (C=O) groups excluding carboxylic acids is 1. The van der Waals surface area contributed by atoms with Crippen LogP contribution in [0.25, 0.3) is 21.9 Å². The number of alkyl halides is 6. The van der Waals surface area contributed by atoms with Gasteiger partial charge in [-0.1, -0.05) is 42.8 Å². The summed E-state index contributed by atoms with van der Waals surface area (Å²) in [4.78, 5) is 16.6. The maximum Gasteiger partial charge on any atom is 0.403 e. The van der Waals surface area contributed by atoms with E-state index in [2.05, 4.69) is 16.3 Å². The number of carbonyl (C=O) groups is 1. The number of benzene rings is 3. The minimum atomic E-state index is -5.08. The van der Waals surface area contributed by atoms with E-state index in [0.717, 1.165) is 65.0 Å². The van der Waals surface area contributed by atoms with Gasteiger partial charge in [0.15, 0.2) is 6.29 Å². The fourth-order valence-electron chi connectivity index (χ4n) is 7.45. The fraction of sp³-hybridized carbons (Fsp3) is 0.553. The number of aliphatic hydroxyl groups is 2. The van der Waals surface area contributed by atoms with Crippen molar-refractivity contribution in [1.82, 2.24) is 15.1 Å². The summed E-state index contributed by atoms with van der Waals surface area (Å²) in [6.45, 7) is 3.09. The van der Waals surface area contributed by atoms with Crippen molar-refractivity contribution in [1.29, 1.82) is 0 Å². The Morgan fingerprint density at radius 3 is 2.15 bits per heavy atom. The van der Waals surface area contributed by atoms with Crippen LogP contribution in [0.1, 0.15) is 55.7 Å². The third kappa shape index (κ3) is 9.19. The summed E-state index contributed by atoms with van der Waals surface area (Å²) >= 11 is 0. The molecule has 8 nitrogen and oxygen atoms in total. The molecule has 3 aromatic carbocycles. The fourth-order valence-corrected chi connectivity index (χ4v) is 7.45. The molecule has 0 unspecified atom stereocenters. The first-order valence-corrected chi connectivity index (χ1v) is 17.7. The molecule has 0 aromatic heterocycles. The summed E-state index contributed by atoms with van der Waals surface area (Å²) < 4.78 is 93.8. The number of rotatable bonds is 13. The molecular weight excluding hydrogens is 692 g/mol. The van der Waals surface area contributed by atoms with Crippen LogP contribution in [0.2, 0.25) is 0 Å². The van der Waals surface area contributed by atoms with E-state index in [4.69, 9.17) is 9.47 Å². The van der Waals surface area contributed by atoms with E-state index >= 15 is 0 Å². The number of amides is 1. The summed E-state index contributed by atoms with van der Waals surface area (Å²) in [5, 5.41) is 24.3. The number of nitrogens with one attached hydrogen (secondary N) is 1. The second-order valence-corrected chi connectivity index (χ2v) is 13.8. The summed E-state index contributed by atoms with van der Waals surface area (Å²) in [7, 11) is 1.59. The van der Waals surface area contributed by atoms with E-state index < -0.39 is 68.5 Å². The van der Waals surface area contributed by atoms with E-state index in [1.54, 1.807) is 19.2 Å². The van der Waals surface area contributed by atoms with E-state index in [1.165, 1.54) is 6.42 Å². The molecule has 52 heavy (non-hydrogen) atoms. The Labute approximate surface area is 299 Å². The minimum absolute atomic E-state index is 0.233. The van der Waals surface area contributed by atoms with Crippen LogP contribution in [0.3, 0.4) is 0 Å².